The number of aromatic nitrogens is 2. The van der Waals surface area contributed by atoms with Crippen molar-refractivity contribution in [3.05, 3.63) is 47.3 Å². The maximum absolute atomic E-state index is 5.98. The van der Waals surface area contributed by atoms with Gasteiger partial charge < -0.3 is 10.5 Å². The van der Waals surface area contributed by atoms with Gasteiger partial charge >= 0.3 is 0 Å². The molecule has 0 spiro atoms. The largest absolute Gasteiger partial charge is 0.493 e. The molecule has 19 heavy (non-hydrogen) atoms. The molecule has 1 atom stereocenters. The van der Waals surface area contributed by atoms with Gasteiger partial charge in [-0.2, -0.15) is 5.10 Å². The summed E-state index contributed by atoms with van der Waals surface area (Å²) in [7, 11) is 1.92. The summed E-state index contributed by atoms with van der Waals surface area (Å²) in [5, 5.41) is 4.14. The Morgan fingerprint density at radius 2 is 2.21 bits per heavy atom. The summed E-state index contributed by atoms with van der Waals surface area (Å²) in [6, 6.07) is 6.11. The third kappa shape index (κ3) is 3.58. The molecule has 2 N–H and O–H groups in total. The maximum atomic E-state index is 5.98. The zero-order valence-electron chi connectivity index (χ0n) is 11.8. The fourth-order valence-corrected chi connectivity index (χ4v) is 2.03. The van der Waals surface area contributed by atoms with E-state index in [9.17, 15) is 0 Å². The molecule has 2 rings (SSSR count). The predicted molar refractivity (Wildman–Crippen MR) is 76.2 cm³/mol. The van der Waals surface area contributed by atoms with Crippen LogP contribution in [0.4, 0.5) is 0 Å². The van der Waals surface area contributed by atoms with Crippen LogP contribution >= 0.6 is 0 Å². The highest BCUT2D eigenvalue weighted by Crippen LogP contribution is 2.25. The first-order valence-electron chi connectivity index (χ1n) is 6.52. The Morgan fingerprint density at radius 1 is 1.42 bits per heavy atom. The lowest BCUT2D eigenvalue weighted by molar-refractivity contribution is 0.317. The number of nitrogens with two attached hydrogens (primary N) is 1. The van der Waals surface area contributed by atoms with Crippen LogP contribution in [-0.2, 0) is 13.5 Å². The van der Waals surface area contributed by atoms with Gasteiger partial charge in [-0.1, -0.05) is 17.7 Å². The van der Waals surface area contributed by atoms with Crippen LogP contribution in [0.25, 0.3) is 0 Å². The topological polar surface area (TPSA) is 53.1 Å². The van der Waals surface area contributed by atoms with Gasteiger partial charge in [0.05, 0.1) is 12.8 Å². The third-order valence-corrected chi connectivity index (χ3v) is 3.06. The van der Waals surface area contributed by atoms with Crippen molar-refractivity contribution in [2.75, 3.05) is 6.61 Å². The summed E-state index contributed by atoms with van der Waals surface area (Å²) in [4.78, 5) is 0. The molecule has 1 aromatic heterocycles. The summed E-state index contributed by atoms with van der Waals surface area (Å²) < 4.78 is 7.65. The molecule has 4 nitrogen and oxygen atoms in total. The Morgan fingerprint density at radius 3 is 2.84 bits per heavy atom. The van der Waals surface area contributed by atoms with Crippen LogP contribution in [0.2, 0.25) is 0 Å². The Kier molecular flexibility index (Phi) is 4.22. The average Bonchev–Trinajstić information content (AvgIpc) is 2.77. The summed E-state index contributed by atoms with van der Waals surface area (Å²) in [6.07, 6.45) is 4.72. The molecule has 102 valence electrons. The van der Waals surface area contributed by atoms with Crippen LogP contribution in [0.15, 0.2) is 30.6 Å². The van der Waals surface area contributed by atoms with Gasteiger partial charge in [0.1, 0.15) is 5.75 Å². The highest BCUT2D eigenvalue weighted by atomic mass is 16.5. The van der Waals surface area contributed by atoms with E-state index >= 15 is 0 Å². The molecule has 0 bridgehead atoms. The van der Waals surface area contributed by atoms with E-state index < -0.39 is 0 Å². The van der Waals surface area contributed by atoms with E-state index in [1.165, 1.54) is 11.1 Å². The van der Waals surface area contributed by atoms with E-state index in [1.54, 1.807) is 4.68 Å². The van der Waals surface area contributed by atoms with Crippen molar-refractivity contribution in [2.24, 2.45) is 12.8 Å². The second kappa shape index (κ2) is 5.89. The van der Waals surface area contributed by atoms with Gasteiger partial charge in [-0.05, 0) is 25.5 Å². The third-order valence-electron chi connectivity index (χ3n) is 3.06. The standard InChI is InChI=1S/C15H21N3O/c1-11-4-5-15(14(8-11)12(2)16)19-7-6-13-9-17-18(3)10-13/h4-5,8-10,12H,6-7,16H2,1-3H3. The molecule has 1 unspecified atom stereocenters. The SMILES string of the molecule is Cc1ccc(OCCc2cnn(C)c2)c(C(C)N)c1. The minimum absolute atomic E-state index is 0.0201. The Balaban J connectivity index is 1.99. The van der Waals surface area contributed by atoms with E-state index in [0.29, 0.717) is 6.61 Å². The Labute approximate surface area is 114 Å². The van der Waals surface area contributed by atoms with Gasteiger partial charge in [0, 0.05) is 31.3 Å². The molecule has 4 heteroatoms. The molecule has 0 radical (unpaired) electrons. The van der Waals surface area contributed by atoms with Crippen LogP contribution in [0.3, 0.4) is 0 Å². The molecule has 2 aromatic rings. The maximum Gasteiger partial charge on any atom is 0.124 e. The van der Waals surface area contributed by atoms with Gasteiger partial charge in [-0.15, -0.1) is 0 Å². The first-order chi connectivity index (χ1) is 9.06. The van der Waals surface area contributed by atoms with Crippen LogP contribution in [0.1, 0.15) is 29.7 Å². The molecular weight excluding hydrogens is 238 g/mol. The zero-order valence-corrected chi connectivity index (χ0v) is 11.8. The molecular formula is C15H21N3O. The number of aryl methyl sites for hydroxylation is 2. The van der Waals surface area contributed by atoms with Crippen LogP contribution < -0.4 is 10.5 Å². The quantitative estimate of drug-likeness (QED) is 0.897. The van der Waals surface area contributed by atoms with Gasteiger partial charge in [0.15, 0.2) is 0 Å². The molecule has 0 aliphatic rings. The van der Waals surface area contributed by atoms with Gasteiger partial charge in [0.2, 0.25) is 0 Å². The fraction of sp³-hybridized carbons (Fsp3) is 0.400. The monoisotopic (exact) mass is 259 g/mol. The molecule has 0 aliphatic heterocycles. The molecule has 1 aromatic carbocycles. The van der Waals surface area contributed by atoms with E-state index in [1.807, 2.05) is 38.5 Å². The van der Waals surface area contributed by atoms with E-state index in [0.717, 1.165) is 17.7 Å². The summed E-state index contributed by atoms with van der Waals surface area (Å²) >= 11 is 0. The molecule has 0 saturated heterocycles. The molecule has 1 heterocycles. The predicted octanol–water partition coefficient (Wildman–Crippen LogP) is 2.37. The Bertz CT molecular complexity index is 546. The minimum atomic E-state index is -0.0201. The number of ether oxygens (including phenoxy) is 1. The van der Waals surface area contributed by atoms with E-state index in [2.05, 4.69) is 18.1 Å². The van der Waals surface area contributed by atoms with Crippen LogP contribution in [0, 0.1) is 6.92 Å². The zero-order chi connectivity index (χ0) is 13.8. The lowest BCUT2D eigenvalue weighted by atomic mass is 10.1. The van der Waals surface area contributed by atoms with Gasteiger partial charge in [-0.3, -0.25) is 4.68 Å². The second-order valence-corrected chi connectivity index (χ2v) is 4.95. The first kappa shape index (κ1) is 13.6. The number of rotatable bonds is 5. The fourth-order valence-electron chi connectivity index (χ4n) is 2.03. The van der Waals surface area contributed by atoms with Crippen LogP contribution in [0.5, 0.6) is 5.75 Å². The van der Waals surface area contributed by atoms with Crippen molar-refractivity contribution in [1.29, 1.82) is 0 Å². The molecule has 0 saturated carbocycles. The smallest absolute Gasteiger partial charge is 0.124 e. The van der Waals surface area contributed by atoms with Crippen molar-refractivity contribution < 1.29 is 4.74 Å². The second-order valence-electron chi connectivity index (χ2n) is 4.95. The van der Waals surface area contributed by atoms with Gasteiger partial charge in [0.25, 0.3) is 0 Å². The van der Waals surface area contributed by atoms with Crippen molar-refractivity contribution in [3.63, 3.8) is 0 Å². The number of benzene rings is 1. The summed E-state index contributed by atoms with van der Waals surface area (Å²) in [5.74, 6) is 0.879. The first-order valence-corrected chi connectivity index (χ1v) is 6.52. The van der Waals surface area contributed by atoms with Crippen molar-refractivity contribution in [3.8, 4) is 5.75 Å². The van der Waals surface area contributed by atoms with Crippen LogP contribution in [-0.4, -0.2) is 16.4 Å². The van der Waals surface area contributed by atoms with E-state index in [4.69, 9.17) is 10.5 Å². The summed E-state index contributed by atoms with van der Waals surface area (Å²) in [5.41, 5.74) is 9.42. The lowest BCUT2D eigenvalue weighted by Gasteiger charge is -2.14. The normalized spacial score (nSPS) is 12.4. The minimum Gasteiger partial charge on any atom is -0.493 e. The number of nitrogens with zero attached hydrogens (tertiary/aromatic N) is 2. The number of hydrogen-bond acceptors (Lipinski definition) is 3. The molecule has 0 aliphatic carbocycles. The van der Waals surface area contributed by atoms with Gasteiger partial charge in [-0.25, -0.2) is 0 Å². The Hall–Kier alpha value is -1.81. The lowest BCUT2D eigenvalue weighted by Crippen LogP contribution is -2.09. The number of hydrogen-bond donors (Lipinski definition) is 1. The average molecular weight is 259 g/mol. The van der Waals surface area contributed by atoms with E-state index in [-0.39, 0.29) is 6.04 Å². The highest BCUT2D eigenvalue weighted by molar-refractivity contribution is 5.38. The highest BCUT2D eigenvalue weighted by Gasteiger charge is 2.08. The summed E-state index contributed by atoms with van der Waals surface area (Å²) in [6.45, 7) is 4.67. The van der Waals surface area contributed by atoms with Crippen molar-refractivity contribution >= 4 is 0 Å². The molecule has 0 fully saturated rings. The molecule has 0 amide bonds. The van der Waals surface area contributed by atoms with Crippen molar-refractivity contribution in [2.45, 2.75) is 26.3 Å². The van der Waals surface area contributed by atoms with Crippen molar-refractivity contribution in [1.82, 2.24) is 9.78 Å².